The maximum Gasteiger partial charge on any atom is 0.258 e. The zero-order valence-electron chi connectivity index (χ0n) is 17.2. The molecular formula is C23H29N3O2S. The second-order valence-corrected chi connectivity index (χ2v) is 9.35. The number of likely N-dealkylation sites (tertiary alicyclic amines) is 1. The van der Waals surface area contributed by atoms with Crippen LogP contribution in [0.15, 0.2) is 24.3 Å². The van der Waals surface area contributed by atoms with Crippen molar-refractivity contribution in [3.05, 3.63) is 45.8 Å². The number of nitrogens with one attached hydrogen (secondary N) is 2. The Hall–Kier alpha value is -2.18. The van der Waals surface area contributed by atoms with Crippen molar-refractivity contribution in [1.82, 2.24) is 4.90 Å². The van der Waals surface area contributed by atoms with Gasteiger partial charge in [0.15, 0.2) is 0 Å². The van der Waals surface area contributed by atoms with E-state index in [-0.39, 0.29) is 11.8 Å². The third kappa shape index (κ3) is 4.54. The summed E-state index contributed by atoms with van der Waals surface area (Å²) in [5.74, 6) is -0.153. The highest BCUT2D eigenvalue weighted by Crippen LogP contribution is 2.39. The normalized spacial score (nSPS) is 19.0. The van der Waals surface area contributed by atoms with E-state index >= 15 is 0 Å². The zero-order valence-corrected chi connectivity index (χ0v) is 18.0. The summed E-state index contributed by atoms with van der Waals surface area (Å²) in [6, 6.07) is 8.23. The van der Waals surface area contributed by atoms with Crippen LogP contribution in [-0.4, -0.2) is 35.8 Å². The molecule has 0 unspecified atom stereocenters. The average molecular weight is 412 g/mol. The van der Waals surface area contributed by atoms with Gasteiger partial charge in [0.05, 0.1) is 12.1 Å². The molecule has 4 rings (SSSR count). The lowest BCUT2D eigenvalue weighted by molar-refractivity contribution is -0.118. The summed E-state index contributed by atoms with van der Waals surface area (Å²) < 4.78 is 0. The van der Waals surface area contributed by atoms with Crippen LogP contribution in [0, 0.1) is 6.92 Å². The second-order valence-electron chi connectivity index (χ2n) is 8.25. The van der Waals surface area contributed by atoms with E-state index in [1.165, 1.54) is 11.3 Å². The fourth-order valence-electron chi connectivity index (χ4n) is 4.39. The van der Waals surface area contributed by atoms with Gasteiger partial charge in [-0.1, -0.05) is 18.6 Å². The van der Waals surface area contributed by atoms with Crippen molar-refractivity contribution in [2.24, 2.45) is 0 Å². The number of carbonyl (C=O) groups excluding carboxylic acids is 2. The summed E-state index contributed by atoms with van der Waals surface area (Å²) in [6.07, 6.45) is 6.50. The molecule has 1 aliphatic heterocycles. The first kappa shape index (κ1) is 20.1. The van der Waals surface area contributed by atoms with Gasteiger partial charge in [-0.3, -0.25) is 14.5 Å². The fraction of sp³-hybridized carbons (Fsp3) is 0.478. The van der Waals surface area contributed by atoms with Crippen LogP contribution >= 0.6 is 11.3 Å². The Morgan fingerprint density at radius 1 is 1.17 bits per heavy atom. The third-order valence-corrected chi connectivity index (χ3v) is 7.17. The molecule has 0 radical (unpaired) electrons. The number of carbonyl (C=O) groups is 2. The minimum absolute atomic E-state index is 0.0247. The van der Waals surface area contributed by atoms with Crippen LogP contribution in [0.1, 0.15) is 59.0 Å². The zero-order chi connectivity index (χ0) is 20.4. The number of thiophene rings is 1. The summed E-state index contributed by atoms with van der Waals surface area (Å²) in [5, 5.41) is 6.79. The molecule has 154 valence electrons. The molecule has 1 aromatic heterocycles. The summed E-state index contributed by atoms with van der Waals surface area (Å²) in [7, 11) is 0. The SMILES string of the molecule is Cc1cccc(NC(=O)c2c(NC(=O)CN3CCCC[C@@H]3C)sc3c2CCC3)c1. The van der Waals surface area contributed by atoms with Crippen molar-refractivity contribution in [1.29, 1.82) is 0 Å². The van der Waals surface area contributed by atoms with E-state index < -0.39 is 0 Å². The summed E-state index contributed by atoms with van der Waals surface area (Å²) >= 11 is 1.57. The maximum atomic E-state index is 13.1. The molecule has 1 aromatic carbocycles. The quantitative estimate of drug-likeness (QED) is 0.755. The van der Waals surface area contributed by atoms with Crippen LogP contribution in [-0.2, 0) is 17.6 Å². The summed E-state index contributed by atoms with van der Waals surface area (Å²) in [5.41, 5.74) is 3.65. The Morgan fingerprint density at radius 3 is 2.83 bits per heavy atom. The van der Waals surface area contributed by atoms with Crippen molar-refractivity contribution < 1.29 is 9.59 Å². The van der Waals surface area contributed by atoms with Gasteiger partial charge in [-0.2, -0.15) is 0 Å². The Bertz CT molecular complexity index is 921. The van der Waals surface area contributed by atoms with Gasteiger partial charge >= 0.3 is 0 Å². The lowest BCUT2D eigenvalue weighted by Crippen LogP contribution is -2.42. The molecule has 2 aromatic rings. The number of benzene rings is 1. The summed E-state index contributed by atoms with van der Waals surface area (Å²) in [4.78, 5) is 29.4. The molecule has 2 amide bonds. The molecule has 1 fully saturated rings. The first-order valence-electron chi connectivity index (χ1n) is 10.6. The number of rotatable bonds is 5. The molecule has 1 saturated heterocycles. The second kappa shape index (κ2) is 8.67. The molecule has 1 atom stereocenters. The number of nitrogens with zero attached hydrogens (tertiary/aromatic N) is 1. The molecule has 2 N–H and O–H groups in total. The number of fused-ring (bicyclic) bond motifs is 1. The molecule has 6 heteroatoms. The van der Waals surface area contributed by atoms with Gasteiger partial charge in [0.1, 0.15) is 5.00 Å². The minimum Gasteiger partial charge on any atom is -0.322 e. The smallest absolute Gasteiger partial charge is 0.258 e. The molecule has 0 saturated carbocycles. The van der Waals surface area contributed by atoms with Gasteiger partial charge in [-0.25, -0.2) is 0 Å². The Morgan fingerprint density at radius 2 is 2.03 bits per heavy atom. The number of aryl methyl sites for hydroxylation is 2. The lowest BCUT2D eigenvalue weighted by atomic mass is 10.0. The van der Waals surface area contributed by atoms with E-state index in [1.807, 2.05) is 31.2 Å². The topological polar surface area (TPSA) is 61.4 Å². The van der Waals surface area contributed by atoms with Gasteiger partial charge in [-0.15, -0.1) is 11.3 Å². The van der Waals surface area contributed by atoms with Crippen molar-refractivity contribution in [2.75, 3.05) is 23.7 Å². The predicted octanol–water partition coefficient (Wildman–Crippen LogP) is 4.61. The summed E-state index contributed by atoms with van der Waals surface area (Å²) in [6.45, 7) is 5.55. The molecule has 0 bridgehead atoms. The van der Waals surface area contributed by atoms with E-state index in [0.717, 1.165) is 55.5 Å². The first-order chi connectivity index (χ1) is 14.0. The van der Waals surface area contributed by atoms with Crippen molar-refractivity contribution in [2.45, 2.75) is 58.4 Å². The average Bonchev–Trinajstić information content (AvgIpc) is 3.24. The van der Waals surface area contributed by atoms with Crippen molar-refractivity contribution in [3.8, 4) is 0 Å². The van der Waals surface area contributed by atoms with Crippen LogP contribution in [0.4, 0.5) is 10.7 Å². The van der Waals surface area contributed by atoms with Crippen molar-refractivity contribution in [3.63, 3.8) is 0 Å². The minimum atomic E-state index is -0.128. The monoisotopic (exact) mass is 411 g/mol. The van der Waals surface area contributed by atoms with Gasteiger partial charge in [0.25, 0.3) is 5.91 Å². The van der Waals surface area contributed by atoms with E-state index in [2.05, 4.69) is 22.5 Å². The van der Waals surface area contributed by atoms with Gasteiger partial charge in [-0.05, 0) is 75.8 Å². The number of amides is 2. The van der Waals surface area contributed by atoms with Crippen LogP contribution in [0.5, 0.6) is 0 Å². The van der Waals surface area contributed by atoms with Crippen molar-refractivity contribution >= 4 is 33.8 Å². The molecular weight excluding hydrogens is 382 g/mol. The van der Waals surface area contributed by atoms with E-state index in [4.69, 9.17) is 0 Å². The molecule has 1 aliphatic carbocycles. The highest BCUT2D eigenvalue weighted by Gasteiger charge is 2.28. The molecule has 2 heterocycles. The van der Waals surface area contributed by atoms with Crippen LogP contribution in [0.2, 0.25) is 0 Å². The van der Waals surface area contributed by atoms with E-state index in [9.17, 15) is 9.59 Å². The Balaban J connectivity index is 1.51. The highest BCUT2D eigenvalue weighted by molar-refractivity contribution is 7.17. The largest absolute Gasteiger partial charge is 0.322 e. The van der Waals surface area contributed by atoms with Gasteiger partial charge in [0.2, 0.25) is 5.91 Å². The van der Waals surface area contributed by atoms with E-state index in [0.29, 0.717) is 23.2 Å². The molecule has 0 spiro atoms. The fourth-order valence-corrected chi connectivity index (χ4v) is 5.70. The third-order valence-electron chi connectivity index (χ3n) is 5.96. The first-order valence-corrected chi connectivity index (χ1v) is 11.4. The Labute approximate surface area is 176 Å². The van der Waals surface area contributed by atoms with Gasteiger partial charge < -0.3 is 10.6 Å². The maximum absolute atomic E-state index is 13.1. The number of hydrogen-bond donors (Lipinski definition) is 2. The highest BCUT2D eigenvalue weighted by atomic mass is 32.1. The van der Waals surface area contributed by atoms with Gasteiger partial charge in [0, 0.05) is 16.6 Å². The van der Waals surface area contributed by atoms with E-state index in [1.54, 1.807) is 11.3 Å². The Kier molecular flexibility index (Phi) is 6.01. The lowest BCUT2D eigenvalue weighted by Gasteiger charge is -2.32. The number of piperidine rings is 1. The van der Waals surface area contributed by atoms with Crippen LogP contribution in [0.3, 0.4) is 0 Å². The number of anilines is 2. The van der Waals surface area contributed by atoms with Crippen LogP contribution < -0.4 is 10.6 Å². The predicted molar refractivity (Wildman–Crippen MR) is 119 cm³/mol. The molecule has 2 aliphatic rings. The standard InChI is InChI=1S/C23H29N3O2S/c1-15-7-5-9-17(13-15)24-22(28)21-18-10-6-11-19(18)29-23(21)25-20(27)14-26-12-4-3-8-16(26)2/h5,7,9,13,16H,3-4,6,8,10-12,14H2,1-2H3,(H,24,28)(H,25,27)/t16-/m0/s1. The molecule has 5 nitrogen and oxygen atoms in total. The van der Waals surface area contributed by atoms with Crippen LogP contribution in [0.25, 0.3) is 0 Å². The molecule has 29 heavy (non-hydrogen) atoms. The number of hydrogen-bond acceptors (Lipinski definition) is 4.